The van der Waals surface area contributed by atoms with Crippen LogP contribution < -0.4 is 5.69 Å². The molecule has 0 radical (unpaired) electrons. The lowest BCUT2D eigenvalue weighted by Crippen LogP contribution is -2.13. The topological polar surface area (TPSA) is 75.2 Å². The summed E-state index contributed by atoms with van der Waals surface area (Å²) >= 11 is 0. The smallest absolute Gasteiger partial charge is 0.301 e. The van der Waals surface area contributed by atoms with Gasteiger partial charge in [0, 0.05) is 0 Å². The number of aliphatic imine (C=N–C) groups is 1. The minimum absolute atomic E-state index is 0.227. The Morgan fingerprint density at radius 1 is 1.36 bits per heavy atom. The van der Waals surface area contributed by atoms with Gasteiger partial charge in [-0.2, -0.15) is 4.98 Å². The van der Waals surface area contributed by atoms with Gasteiger partial charge in [0.15, 0.2) is 0 Å². The Kier molecular flexibility index (Phi) is 1.00. The summed E-state index contributed by atoms with van der Waals surface area (Å²) in [6.45, 7) is 0. The lowest BCUT2D eigenvalue weighted by molar-refractivity contribution is 0.107. The molecule has 0 saturated carbocycles. The molecule has 1 N–H and O–H groups in total. The summed E-state index contributed by atoms with van der Waals surface area (Å²) in [6.07, 6.45) is 2.43. The van der Waals surface area contributed by atoms with E-state index in [1.807, 2.05) is 0 Å². The van der Waals surface area contributed by atoms with E-state index >= 15 is 0 Å². The molecule has 1 aliphatic heterocycles. The van der Waals surface area contributed by atoms with Crippen LogP contribution in [0.5, 0.6) is 0 Å². The number of carbonyl (C=O) groups excluding carboxylic acids is 1. The Bertz CT molecular complexity index is 405. The van der Waals surface area contributed by atoms with Crippen LogP contribution in [0.2, 0.25) is 0 Å². The number of Topliss-reactive ketones (excluding diaryl/α,β-unsaturated/α-hetero) is 1. The molecule has 0 amide bonds. The maximum Gasteiger partial charge on any atom is 0.345 e. The van der Waals surface area contributed by atoms with Gasteiger partial charge < -0.3 is 4.98 Å². The van der Waals surface area contributed by atoms with E-state index in [2.05, 4.69) is 15.0 Å². The van der Waals surface area contributed by atoms with E-state index in [1.54, 1.807) is 0 Å². The largest absolute Gasteiger partial charge is 0.345 e. The minimum atomic E-state index is -0.525. The first-order valence-corrected chi connectivity index (χ1v) is 2.95. The number of aromatic nitrogens is 2. The SMILES string of the molecule is O=C1C=Nc2cnc(=O)[nH]c21. The summed E-state index contributed by atoms with van der Waals surface area (Å²) in [5.41, 5.74) is 0.127. The van der Waals surface area contributed by atoms with Crippen molar-refractivity contribution < 1.29 is 4.79 Å². The highest BCUT2D eigenvalue weighted by molar-refractivity contribution is 6.39. The second-order valence-corrected chi connectivity index (χ2v) is 2.07. The fourth-order valence-corrected chi connectivity index (χ4v) is 0.866. The maximum atomic E-state index is 10.9. The summed E-state index contributed by atoms with van der Waals surface area (Å²) in [5, 5.41) is 0. The second-order valence-electron chi connectivity index (χ2n) is 2.07. The zero-order valence-corrected chi connectivity index (χ0v) is 5.37. The maximum absolute atomic E-state index is 10.9. The van der Waals surface area contributed by atoms with E-state index in [-0.39, 0.29) is 11.5 Å². The predicted octanol–water partition coefficient (Wildman–Crippen LogP) is -0.331. The molecule has 0 spiro atoms. The monoisotopic (exact) mass is 149 g/mol. The third-order valence-electron chi connectivity index (χ3n) is 1.36. The van der Waals surface area contributed by atoms with E-state index in [0.29, 0.717) is 5.69 Å². The van der Waals surface area contributed by atoms with Crippen molar-refractivity contribution in [1.82, 2.24) is 9.97 Å². The predicted molar refractivity (Wildman–Crippen MR) is 37.3 cm³/mol. The number of rotatable bonds is 0. The molecule has 0 aliphatic carbocycles. The molecule has 5 heteroatoms. The molecule has 11 heavy (non-hydrogen) atoms. The number of hydrogen-bond donors (Lipinski definition) is 1. The van der Waals surface area contributed by atoms with Crippen LogP contribution in [0.15, 0.2) is 16.0 Å². The lowest BCUT2D eigenvalue weighted by atomic mass is 10.3. The van der Waals surface area contributed by atoms with E-state index in [1.165, 1.54) is 6.20 Å². The molecular weight excluding hydrogens is 146 g/mol. The van der Waals surface area contributed by atoms with Crippen molar-refractivity contribution in [2.24, 2.45) is 4.99 Å². The molecule has 0 bridgehead atoms. The molecule has 0 atom stereocenters. The minimum Gasteiger partial charge on any atom is -0.301 e. The Hall–Kier alpha value is -1.78. The van der Waals surface area contributed by atoms with Gasteiger partial charge >= 0.3 is 5.69 Å². The molecule has 0 unspecified atom stereocenters. The normalized spacial score (nSPS) is 13.6. The summed E-state index contributed by atoms with van der Waals surface area (Å²) in [5.74, 6) is -0.278. The number of H-pyrrole nitrogens is 1. The Balaban J connectivity index is 2.76. The molecule has 54 valence electrons. The first-order valence-electron chi connectivity index (χ1n) is 2.95. The van der Waals surface area contributed by atoms with Crippen LogP contribution in [0.4, 0.5) is 5.69 Å². The van der Waals surface area contributed by atoms with Gasteiger partial charge in [-0.1, -0.05) is 0 Å². The van der Waals surface area contributed by atoms with Crippen molar-refractivity contribution in [2.75, 3.05) is 0 Å². The molecule has 1 aliphatic rings. The van der Waals surface area contributed by atoms with Crippen LogP contribution >= 0.6 is 0 Å². The molecule has 1 aromatic heterocycles. The van der Waals surface area contributed by atoms with Crippen molar-refractivity contribution >= 4 is 17.7 Å². The van der Waals surface area contributed by atoms with Gasteiger partial charge in [0.1, 0.15) is 11.4 Å². The molecule has 0 saturated heterocycles. The molecule has 0 fully saturated rings. The van der Waals surface area contributed by atoms with Gasteiger partial charge in [-0.3, -0.25) is 4.79 Å². The summed E-state index contributed by atoms with van der Waals surface area (Å²) in [7, 11) is 0. The highest BCUT2D eigenvalue weighted by Gasteiger charge is 2.15. The van der Waals surface area contributed by atoms with Gasteiger partial charge in [-0.25, -0.2) is 9.79 Å². The van der Waals surface area contributed by atoms with Gasteiger partial charge in [0.2, 0.25) is 5.78 Å². The first kappa shape index (κ1) is 5.96. The van der Waals surface area contributed by atoms with Gasteiger partial charge in [-0.15, -0.1) is 0 Å². The average Bonchev–Trinajstić information content (AvgIpc) is 2.33. The fourth-order valence-electron chi connectivity index (χ4n) is 0.866. The number of aromatic amines is 1. The highest BCUT2D eigenvalue weighted by atomic mass is 16.1. The van der Waals surface area contributed by atoms with Crippen molar-refractivity contribution in [1.29, 1.82) is 0 Å². The zero-order valence-electron chi connectivity index (χ0n) is 5.37. The van der Waals surface area contributed by atoms with Crippen molar-refractivity contribution in [3.05, 3.63) is 22.4 Å². The Morgan fingerprint density at radius 2 is 2.18 bits per heavy atom. The van der Waals surface area contributed by atoms with E-state index in [0.717, 1.165) is 6.21 Å². The summed E-state index contributed by atoms with van der Waals surface area (Å²) in [6, 6.07) is 0. The van der Waals surface area contributed by atoms with Crippen LogP contribution in [0.3, 0.4) is 0 Å². The zero-order chi connectivity index (χ0) is 7.84. The van der Waals surface area contributed by atoms with Crippen molar-refractivity contribution in [2.45, 2.75) is 0 Å². The number of hydrogen-bond acceptors (Lipinski definition) is 4. The number of carbonyl (C=O) groups is 1. The Labute approximate surface area is 60.8 Å². The quantitative estimate of drug-likeness (QED) is 0.548. The van der Waals surface area contributed by atoms with E-state index in [9.17, 15) is 9.59 Å². The number of fused-ring (bicyclic) bond motifs is 1. The summed E-state index contributed by atoms with van der Waals surface area (Å²) < 4.78 is 0. The van der Waals surface area contributed by atoms with Gasteiger partial charge in [-0.05, 0) is 0 Å². The van der Waals surface area contributed by atoms with Crippen LogP contribution in [0.25, 0.3) is 0 Å². The molecule has 2 rings (SSSR count). The van der Waals surface area contributed by atoms with Crippen LogP contribution in [0, 0.1) is 0 Å². The molecule has 5 nitrogen and oxygen atoms in total. The fraction of sp³-hybridized carbons (Fsp3) is 0. The average molecular weight is 149 g/mol. The molecule has 2 heterocycles. The number of ketones is 1. The standard InChI is InChI=1S/C6H3N3O2/c10-4-2-7-3-1-8-6(11)9-5(3)4/h1-2H,(H,8,9,11). The van der Waals surface area contributed by atoms with E-state index < -0.39 is 5.69 Å². The summed E-state index contributed by atoms with van der Waals surface area (Å²) in [4.78, 5) is 30.9. The first-order chi connectivity index (χ1) is 5.27. The third-order valence-corrected chi connectivity index (χ3v) is 1.36. The number of nitrogens with zero attached hydrogens (tertiary/aromatic N) is 2. The van der Waals surface area contributed by atoms with Gasteiger partial charge in [0.05, 0.1) is 12.4 Å². The second kappa shape index (κ2) is 1.85. The van der Waals surface area contributed by atoms with Crippen LogP contribution in [-0.4, -0.2) is 22.0 Å². The number of nitrogens with one attached hydrogen (secondary N) is 1. The third kappa shape index (κ3) is 0.778. The lowest BCUT2D eigenvalue weighted by Gasteiger charge is -1.90. The van der Waals surface area contributed by atoms with Crippen molar-refractivity contribution in [3.63, 3.8) is 0 Å². The molecule has 0 aromatic carbocycles. The molecule has 1 aromatic rings. The molecular formula is C6H3N3O2. The highest BCUT2D eigenvalue weighted by Crippen LogP contribution is 2.17. The van der Waals surface area contributed by atoms with Crippen LogP contribution in [-0.2, 0) is 0 Å². The Morgan fingerprint density at radius 3 is 3.00 bits per heavy atom. The van der Waals surface area contributed by atoms with E-state index in [4.69, 9.17) is 0 Å². The van der Waals surface area contributed by atoms with Gasteiger partial charge in [0.25, 0.3) is 0 Å². The van der Waals surface area contributed by atoms with Crippen molar-refractivity contribution in [3.8, 4) is 0 Å². The van der Waals surface area contributed by atoms with Crippen LogP contribution in [0.1, 0.15) is 10.5 Å².